The smallest absolute Gasteiger partial charge is 0.303 e. The molecule has 106 valence electrons. The summed E-state index contributed by atoms with van der Waals surface area (Å²) < 4.78 is 4.60. The van der Waals surface area contributed by atoms with Crippen LogP contribution in [0, 0.1) is 11.3 Å². The maximum absolute atomic E-state index is 11.6. The Labute approximate surface area is 117 Å². The van der Waals surface area contributed by atoms with Gasteiger partial charge in [-0.1, -0.05) is 6.07 Å². The molecule has 0 radical (unpaired) electrons. The number of esters is 1. The van der Waals surface area contributed by atoms with Crippen LogP contribution in [0.25, 0.3) is 0 Å². The zero-order chi connectivity index (χ0) is 15.1. The second kappa shape index (κ2) is 7.14. The third-order valence-corrected chi connectivity index (χ3v) is 2.72. The minimum Gasteiger partial charge on any atom is -0.456 e. The van der Waals surface area contributed by atoms with E-state index < -0.39 is 11.9 Å². The van der Waals surface area contributed by atoms with E-state index in [-0.39, 0.29) is 6.61 Å². The van der Waals surface area contributed by atoms with Crippen molar-refractivity contribution in [3.05, 3.63) is 23.8 Å². The lowest BCUT2D eigenvalue weighted by Crippen LogP contribution is -2.22. The Morgan fingerprint density at radius 2 is 2.15 bits per heavy atom. The predicted octanol–water partition coefficient (Wildman–Crippen LogP) is 1.52. The number of nitrogens with zero attached hydrogens (tertiary/aromatic N) is 2. The number of carbonyl (C=O) groups is 2. The van der Waals surface area contributed by atoms with E-state index in [0.717, 1.165) is 12.2 Å². The van der Waals surface area contributed by atoms with Crippen LogP contribution in [-0.4, -0.2) is 32.1 Å². The Morgan fingerprint density at radius 3 is 2.70 bits per heavy atom. The fourth-order valence-electron chi connectivity index (χ4n) is 1.60. The van der Waals surface area contributed by atoms with Gasteiger partial charge in [-0.25, -0.2) is 0 Å². The number of rotatable bonds is 5. The van der Waals surface area contributed by atoms with Crippen LogP contribution in [0.15, 0.2) is 18.2 Å². The minimum atomic E-state index is -0.528. The van der Waals surface area contributed by atoms with Gasteiger partial charge in [0.25, 0.3) is 5.91 Å². The number of amides is 1. The van der Waals surface area contributed by atoms with Crippen LogP contribution < -0.4 is 10.2 Å². The number of hydrogen-bond donors (Lipinski definition) is 1. The molecule has 1 amide bonds. The molecule has 0 unspecified atom stereocenters. The average Bonchev–Trinajstić information content (AvgIpc) is 2.44. The third-order valence-electron chi connectivity index (χ3n) is 2.72. The fraction of sp³-hybridized carbons (Fsp3) is 0.357. The number of hydrogen-bond acceptors (Lipinski definition) is 5. The summed E-state index contributed by atoms with van der Waals surface area (Å²) >= 11 is 0. The highest BCUT2D eigenvalue weighted by atomic mass is 16.5. The maximum atomic E-state index is 11.6. The van der Waals surface area contributed by atoms with Crippen molar-refractivity contribution < 1.29 is 14.3 Å². The number of benzene rings is 1. The Kier molecular flexibility index (Phi) is 5.54. The Balaban J connectivity index is 2.93. The van der Waals surface area contributed by atoms with Gasteiger partial charge in [0.15, 0.2) is 6.61 Å². The monoisotopic (exact) mass is 275 g/mol. The summed E-state index contributed by atoms with van der Waals surface area (Å²) in [5, 5.41) is 11.8. The molecule has 0 aliphatic rings. The molecule has 1 N–H and O–H groups in total. The van der Waals surface area contributed by atoms with Crippen molar-refractivity contribution >= 4 is 23.3 Å². The second-order valence-corrected chi connectivity index (χ2v) is 4.15. The van der Waals surface area contributed by atoms with Crippen LogP contribution in [-0.2, 0) is 14.3 Å². The standard InChI is InChI=1S/C14H17N3O3/c1-4-17(3)13-7-5-6-12(11(13)8-15)16-14(19)9-20-10(2)18/h5-7H,4,9H2,1-3H3,(H,16,19). The van der Waals surface area contributed by atoms with E-state index in [2.05, 4.69) is 16.1 Å². The molecule has 1 aromatic rings. The number of ether oxygens (including phenoxy) is 1. The molecular formula is C14H17N3O3. The van der Waals surface area contributed by atoms with Crippen molar-refractivity contribution in [3.63, 3.8) is 0 Å². The first-order chi connectivity index (χ1) is 9.49. The van der Waals surface area contributed by atoms with Crippen molar-refractivity contribution in [1.82, 2.24) is 0 Å². The van der Waals surface area contributed by atoms with E-state index in [1.54, 1.807) is 12.1 Å². The van der Waals surface area contributed by atoms with Gasteiger partial charge in [-0.15, -0.1) is 0 Å². The molecule has 20 heavy (non-hydrogen) atoms. The number of nitrogens with one attached hydrogen (secondary N) is 1. The lowest BCUT2D eigenvalue weighted by molar-refractivity contribution is -0.144. The van der Waals surface area contributed by atoms with Crippen molar-refractivity contribution in [3.8, 4) is 6.07 Å². The summed E-state index contributed by atoms with van der Waals surface area (Å²) in [5.41, 5.74) is 1.52. The van der Waals surface area contributed by atoms with Gasteiger partial charge in [0, 0.05) is 20.5 Å². The van der Waals surface area contributed by atoms with Gasteiger partial charge >= 0.3 is 5.97 Å². The van der Waals surface area contributed by atoms with Gasteiger partial charge in [0.1, 0.15) is 6.07 Å². The van der Waals surface area contributed by atoms with Gasteiger partial charge in [0.2, 0.25) is 0 Å². The van der Waals surface area contributed by atoms with E-state index in [9.17, 15) is 14.9 Å². The van der Waals surface area contributed by atoms with Crippen LogP contribution in [0.4, 0.5) is 11.4 Å². The normalized spacial score (nSPS) is 9.50. The number of anilines is 2. The largest absolute Gasteiger partial charge is 0.456 e. The molecule has 0 spiro atoms. The maximum Gasteiger partial charge on any atom is 0.303 e. The van der Waals surface area contributed by atoms with Crippen molar-refractivity contribution in [2.24, 2.45) is 0 Å². The van der Waals surface area contributed by atoms with E-state index in [1.165, 1.54) is 6.92 Å². The first-order valence-electron chi connectivity index (χ1n) is 6.17. The second-order valence-electron chi connectivity index (χ2n) is 4.15. The highest BCUT2D eigenvalue weighted by Gasteiger charge is 2.13. The molecule has 0 saturated carbocycles. The van der Waals surface area contributed by atoms with Crippen molar-refractivity contribution in [1.29, 1.82) is 5.26 Å². The molecule has 1 aromatic carbocycles. The predicted molar refractivity (Wildman–Crippen MR) is 75.4 cm³/mol. The number of carbonyl (C=O) groups excluding carboxylic acids is 2. The highest BCUT2D eigenvalue weighted by Crippen LogP contribution is 2.26. The van der Waals surface area contributed by atoms with E-state index >= 15 is 0 Å². The summed E-state index contributed by atoms with van der Waals surface area (Å²) in [6.07, 6.45) is 0. The molecule has 0 atom stereocenters. The van der Waals surface area contributed by atoms with Crippen LogP contribution in [0.1, 0.15) is 19.4 Å². The molecule has 0 saturated heterocycles. The van der Waals surface area contributed by atoms with Crippen molar-refractivity contribution in [2.45, 2.75) is 13.8 Å². The Bertz CT molecular complexity index is 549. The average molecular weight is 275 g/mol. The first-order valence-corrected chi connectivity index (χ1v) is 6.17. The summed E-state index contributed by atoms with van der Waals surface area (Å²) in [4.78, 5) is 24.2. The topological polar surface area (TPSA) is 82.4 Å². The zero-order valence-corrected chi connectivity index (χ0v) is 11.8. The van der Waals surface area contributed by atoms with Gasteiger partial charge in [0.05, 0.1) is 16.9 Å². The van der Waals surface area contributed by atoms with Gasteiger partial charge in [-0.05, 0) is 19.1 Å². The van der Waals surface area contributed by atoms with E-state index in [0.29, 0.717) is 11.3 Å². The lowest BCUT2D eigenvalue weighted by Gasteiger charge is -2.20. The summed E-state index contributed by atoms with van der Waals surface area (Å²) in [6, 6.07) is 7.28. The molecule has 6 heteroatoms. The van der Waals surface area contributed by atoms with Crippen LogP contribution in [0.5, 0.6) is 0 Å². The molecule has 0 aromatic heterocycles. The molecule has 0 fully saturated rings. The van der Waals surface area contributed by atoms with E-state index in [4.69, 9.17) is 0 Å². The molecule has 1 rings (SSSR count). The van der Waals surface area contributed by atoms with Crippen LogP contribution in [0.3, 0.4) is 0 Å². The fourth-order valence-corrected chi connectivity index (χ4v) is 1.60. The molecular weight excluding hydrogens is 258 g/mol. The summed E-state index contributed by atoms with van der Waals surface area (Å²) in [7, 11) is 1.86. The number of nitriles is 1. The molecule has 6 nitrogen and oxygen atoms in total. The first kappa shape index (κ1) is 15.5. The third kappa shape index (κ3) is 3.99. The lowest BCUT2D eigenvalue weighted by atomic mass is 10.1. The molecule has 0 heterocycles. The van der Waals surface area contributed by atoms with Gasteiger partial charge < -0.3 is 15.0 Å². The Hall–Kier alpha value is -2.55. The molecule has 0 bridgehead atoms. The molecule has 0 aliphatic heterocycles. The zero-order valence-electron chi connectivity index (χ0n) is 11.8. The van der Waals surface area contributed by atoms with Crippen LogP contribution in [0.2, 0.25) is 0 Å². The minimum absolute atomic E-state index is 0.367. The summed E-state index contributed by atoms with van der Waals surface area (Å²) in [5.74, 6) is -1.01. The van der Waals surface area contributed by atoms with Gasteiger partial charge in [-0.3, -0.25) is 9.59 Å². The Morgan fingerprint density at radius 1 is 1.45 bits per heavy atom. The van der Waals surface area contributed by atoms with Crippen molar-refractivity contribution in [2.75, 3.05) is 30.4 Å². The van der Waals surface area contributed by atoms with Crippen LogP contribution >= 0.6 is 0 Å². The molecule has 0 aliphatic carbocycles. The quantitative estimate of drug-likeness (QED) is 0.824. The SMILES string of the molecule is CCN(C)c1cccc(NC(=O)COC(C)=O)c1C#N. The van der Waals surface area contributed by atoms with Gasteiger partial charge in [-0.2, -0.15) is 5.26 Å². The van der Waals surface area contributed by atoms with E-state index in [1.807, 2.05) is 24.9 Å². The summed E-state index contributed by atoms with van der Waals surface area (Å²) in [6.45, 7) is 3.56. The highest BCUT2D eigenvalue weighted by molar-refractivity contribution is 5.95.